The third kappa shape index (κ3) is 5.51. The minimum Gasteiger partial charge on any atom is -0.351 e. The number of likely N-dealkylation sites (N-methyl/N-ethyl adjacent to an activating group) is 1. The van der Waals surface area contributed by atoms with Gasteiger partial charge in [0, 0.05) is 26.2 Å². The van der Waals surface area contributed by atoms with Gasteiger partial charge in [0.25, 0.3) is 0 Å². The maximum Gasteiger partial charge on any atom is 0.243 e. The Hall–Kier alpha value is -2.27. The lowest BCUT2D eigenvalue weighted by Gasteiger charge is -2.20. The van der Waals surface area contributed by atoms with Crippen LogP contribution in [0.2, 0.25) is 0 Å². The van der Waals surface area contributed by atoms with Crippen molar-refractivity contribution in [1.29, 1.82) is 0 Å². The van der Waals surface area contributed by atoms with Gasteiger partial charge in [-0.25, -0.2) is 16.8 Å². The second-order valence-corrected chi connectivity index (χ2v) is 11.2. The van der Waals surface area contributed by atoms with E-state index >= 15 is 0 Å². The number of hydrogen-bond acceptors (Lipinski definition) is 5. The van der Waals surface area contributed by atoms with Gasteiger partial charge in [-0.05, 0) is 42.7 Å². The summed E-state index contributed by atoms with van der Waals surface area (Å²) in [5, 5.41) is 2.70. The fourth-order valence-corrected chi connectivity index (χ4v) is 6.33. The molecule has 0 aliphatic carbocycles. The molecule has 1 heterocycles. The van der Waals surface area contributed by atoms with Gasteiger partial charge in [-0.3, -0.25) is 4.79 Å². The van der Waals surface area contributed by atoms with Gasteiger partial charge in [0.1, 0.15) is 0 Å². The largest absolute Gasteiger partial charge is 0.351 e. The molecule has 1 saturated heterocycles. The number of sulfonamides is 2. The molecule has 1 fully saturated rings. The summed E-state index contributed by atoms with van der Waals surface area (Å²) in [6.45, 7) is 2.79. The molecule has 1 aliphatic heterocycles. The van der Waals surface area contributed by atoms with Crippen LogP contribution in [-0.4, -0.2) is 57.5 Å². The first-order valence-electron chi connectivity index (χ1n) is 10.2. The first kappa shape index (κ1) is 23.4. The van der Waals surface area contributed by atoms with Crippen molar-refractivity contribution in [3.8, 4) is 0 Å². The Morgan fingerprint density at radius 3 is 2.13 bits per heavy atom. The van der Waals surface area contributed by atoms with E-state index in [1.807, 2.05) is 0 Å². The van der Waals surface area contributed by atoms with E-state index in [0.29, 0.717) is 13.1 Å². The van der Waals surface area contributed by atoms with Crippen molar-refractivity contribution >= 4 is 26.0 Å². The molecule has 0 radical (unpaired) electrons. The Labute approximate surface area is 184 Å². The average molecular weight is 466 g/mol. The summed E-state index contributed by atoms with van der Waals surface area (Å²) in [6, 6.07) is 14.4. The smallest absolute Gasteiger partial charge is 0.243 e. The number of carbonyl (C=O) groups excluding carboxylic acids is 1. The lowest BCUT2D eigenvalue weighted by Crippen LogP contribution is -2.40. The molecule has 0 spiro atoms. The van der Waals surface area contributed by atoms with Crippen molar-refractivity contribution in [1.82, 2.24) is 13.9 Å². The molecule has 0 bridgehead atoms. The van der Waals surface area contributed by atoms with Crippen molar-refractivity contribution in [2.75, 3.05) is 26.2 Å². The molecular formula is C21H27N3O5S2. The van der Waals surface area contributed by atoms with E-state index in [9.17, 15) is 21.6 Å². The lowest BCUT2D eigenvalue weighted by atomic mass is 10.2. The van der Waals surface area contributed by atoms with Gasteiger partial charge in [0.2, 0.25) is 26.0 Å². The van der Waals surface area contributed by atoms with Crippen molar-refractivity contribution in [3.63, 3.8) is 0 Å². The quantitative estimate of drug-likeness (QED) is 0.608. The highest BCUT2D eigenvalue weighted by molar-refractivity contribution is 7.89. The van der Waals surface area contributed by atoms with Gasteiger partial charge in [0.15, 0.2) is 0 Å². The average Bonchev–Trinajstić information content (AvgIpc) is 3.33. The van der Waals surface area contributed by atoms with Crippen molar-refractivity contribution < 1.29 is 21.6 Å². The Balaban J connectivity index is 1.59. The third-order valence-electron chi connectivity index (χ3n) is 5.17. The highest BCUT2D eigenvalue weighted by Crippen LogP contribution is 2.21. The molecule has 2 aromatic carbocycles. The van der Waals surface area contributed by atoms with Crippen LogP contribution in [-0.2, 0) is 31.4 Å². The van der Waals surface area contributed by atoms with Gasteiger partial charge in [-0.2, -0.15) is 8.61 Å². The Morgan fingerprint density at radius 1 is 0.935 bits per heavy atom. The maximum absolute atomic E-state index is 12.7. The van der Waals surface area contributed by atoms with Crippen LogP contribution in [0.5, 0.6) is 0 Å². The van der Waals surface area contributed by atoms with Gasteiger partial charge in [-0.15, -0.1) is 0 Å². The summed E-state index contributed by atoms with van der Waals surface area (Å²) < 4.78 is 53.1. The topological polar surface area (TPSA) is 104 Å². The van der Waals surface area contributed by atoms with E-state index in [4.69, 9.17) is 0 Å². The molecular weight excluding hydrogens is 438 g/mol. The summed E-state index contributed by atoms with van der Waals surface area (Å²) in [4.78, 5) is 12.7. The predicted octanol–water partition coefficient (Wildman–Crippen LogP) is 1.80. The van der Waals surface area contributed by atoms with Gasteiger partial charge in [0.05, 0.1) is 16.3 Å². The molecule has 8 nitrogen and oxygen atoms in total. The molecule has 2 aromatic rings. The number of amides is 1. The van der Waals surface area contributed by atoms with Crippen LogP contribution >= 0.6 is 0 Å². The van der Waals surface area contributed by atoms with Gasteiger partial charge < -0.3 is 5.32 Å². The van der Waals surface area contributed by atoms with Crippen LogP contribution in [0.3, 0.4) is 0 Å². The monoisotopic (exact) mass is 465 g/mol. The van der Waals surface area contributed by atoms with E-state index in [1.54, 1.807) is 37.3 Å². The first-order valence-corrected chi connectivity index (χ1v) is 13.0. The summed E-state index contributed by atoms with van der Waals surface area (Å²) >= 11 is 0. The van der Waals surface area contributed by atoms with Crippen molar-refractivity contribution in [2.24, 2.45) is 0 Å². The molecule has 0 saturated carbocycles. The van der Waals surface area contributed by atoms with E-state index in [-0.39, 0.29) is 29.4 Å². The Kier molecular flexibility index (Phi) is 7.47. The summed E-state index contributed by atoms with van der Waals surface area (Å²) in [6.07, 6.45) is 1.75. The maximum atomic E-state index is 12.7. The highest BCUT2D eigenvalue weighted by Gasteiger charge is 2.27. The second kappa shape index (κ2) is 9.90. The number of rotatable bonds is 9. The SMILES string of the molecule is CCN(CC(=O)NCc1ccc(S(=O)(=O)N2CCCC2)cc1)S(=O)(=O)c1ccccc1. The van der Waals surface area contributed by atoms with Crippen LogP contribution in [0, 0.1) is 0 Å². The molecule has 10 heteroatoms. The zero-order chi connectivity index (χ0) is 22.5. The zero-order valence-corrected chi connectivity index (χ0v) is 19.0. The zero-order valence-electron chi connectivity index (χ0n) is 17.4. The number of nitrogens with zero attached hydrogens (tertiary/aromatic N) is 2. The fraction of sp³-hybridized carbons (Fsp3) is 0.381. The number of hydrogen-bond donors (Lipinski definition) is 1. The lowest BCUT2D eigenvalue weighted by molar-refractivity contribution is -0.121. The van der Waals surface area contributed by atoms with Gasteiger partial charge >= 0.3 is 0 Å². The summed E-state index contributed by atoms with van der Waals surface area (Å²) in [5.41, 5.74) is 0.725. The second-order valence-electron chi connectivity index (χ2n) is 7.28. The molecule has 1 aliphatic rings. The third-order valence-corrected chi connectivity index (χ3v) is 9.02. The molecule has 0 aromatic heterocycles. The normalized spacial score (nSPS) is 15.3. The summed E-state index contributed by atoms with van der Waals surface area (Å²) in [7, 11) is -7.23. The van der Waals surface area contributed by atoms with E-state index in [0.717, 1.165) is 22.7 Å². The number of nitrogens with one attached hydrogen (secondary N) is 1. The van der Waals surface area contributed by atoms with Crippen LogP contribution in [0.15, 0.2) is 64.4 Å². The van der Waals surface area contributed by atoms with Crippen molar-refractivity contribution in [3.05, 3.63) is 60.2 Å². The molecule has 168 valence electrons. The predicted molar refractivity (Wildman–Crippen MR) is 117 cm³/mol. The Bertz CT molecular complexity index is 1100. The minimum absolute atomic E-state index is 0.138. The van der Waals surface area contributed by atoms with Gasteiger partial charge in [-0.1, -0.05) is 37.3 Å². The first-order chi connectivity index (χ1) is 14.7. The number of benzene rings is 2. The standard InChI is InChI=1S/C21H27N3O5S2/c1-2-23(30(26,27)19-8-4-3-5-9-19)17-21(25)22-16-18-10-12-20(13-11-18)31(28,29)24-14-6-7-15-24/h3-5,8-13H,2,6-7,14-17H2,1H3,(H,22,25). The van der Waals surface area contributed by atoms with Crippen molar-refractivity contribution in [2.45, 2.75) is 36.1 Å². The molecule has 3 rings (SSSR count). The van der Waals surface area contributed by atoms with E-state index < -0.39 is 26.0 Å². The van der Waals surface area contributed by atoms with E-state index in [2.05, 4.69) is 5.32 Å². The number of carbonyl (C=O) groups is 1. The molecule has 1 amide bonds. The molecule has 1 N–H and O–H groups in total. The highest BCUT2D eigenvalue weighted by atomic mass is 32.2. The fourth-order valence-electron chi connectivity index (χ4n) is 3.38. The summed E-state index contributed by atoms with van der Waals surface area (Å²) in [5.74, 6) is -0.435. The van der Waals surface area contributed by atoms with Crippen LogP contribution < -0.4 is 5.32 Å². The Morgan fingerprint density at radius 2 is 1.55 bits per heavy atom. The van der Waals surface area contributed by atoms with E-state index in [1.165, 1.54) is 28.6 Å². The minimum atomic E-state index is -3.76. The molecule has 0 unspecified atom stereocenters. The van der Waals surface area contributed by atoms with Crippen LogP contribution in [0.25, 0.3) is 0 Å². The van der Waals surface area contributed by atoms with Crippen LogP contribution in [0.4, 0.5) is 0 Å². The molecule has 0 atom stereocenters. The van der Waals surface area contributed by atoms with Crippen LogP contribution in [0.1, 0.15) is 25.3 Å². The molecule has 31 heavy (non-hydrogen) atoms.